The first-order valence-electron chi connectivity index (χ1n) is 4.29. The van der Waals surface area contributed by atoms with Crippen molar-refractivity contribution in [3.05, 3.63) is 0 Å². The van der Waals surface area contributed by atoms with Gasteiger partial charge in [0.25, 0.3) is 0 Å². The fraction of sp³-hybridized carbons (Fsp3) is 0.750. The first-order valence-corrected chi connectivity index (χ1v) is 4.29. The van der Waals surface area contributed by atoms with Crippen LogP contribution in [0.15, 0.2) is 20.2 Å². The first-order chi connectivity index (χ1) is 6.85. The van der Waals surface area contributed by atoms with Crippen molar-refractivity contribution in [2.24, 2.45) is 20.2 Å². The third-order valence-corrected chi connectivity index (χ3v) is 1.32. The summed E-state index contributed by atoms with van der Waals surface area (Å²) in [5, 5.41) is 7.61. The number of carbonyl (C=O) groups excluding carboxylic acids is 2. The van der Waals surface area contributed by atoms with Gasteiger partial charge in [-0.2, -0.15) is 15.2 Å². The molecule has 0 aliphatic rings. The van der Waals surface area contributed by atoms with Gasteiger partial charge in [-0.3, -0.25) is 0 Å². The van der Waals surface area contributed by atoms with Gasteiger partial charge in [0, 0.05) is 0 Å². The standard InChI is InChI=1S/C8H12N4O2/c1-2-3-11-12-5-8(10-7-14)4-9-6-13/h8H,2-5H2,1H3. The summed E-state index contributed by atoms with van der Waals surface area (Å²) in [7, 11) is 0. The third kappa shape index (κ3) is 7.03. The summed E-state index contributed by atoms with van der Waals surface area (Å²) in [5.74, 6) is 0. The van der Waals surface area contributed by atoms with Crippen molar-refractivity contribution in [2.45, 2.75) is 19.4 Å². The second kappa shape index (κ2) is 9.45. The molecule has 1 atom stereocenters. The van der Waals surface area contributed by atoms with E-state index in [9.17, 15) is 9.59 Å². The molecule has 1 unspecified atom stereocenters. The molecule has 14 heavy (non-hydrogen) atoms. The zero-order chi connectivity index (χ0) is 10.6. The summed E-state index contributed by atoms with van der Waals surface area (Å²) >= 11 is 0. The van der Waals surface area contributed by atoms with Crippen LogP contribution >= 0.6 is 0 Å². The Labute approximate surface area is 81.9 Å². The molecule has 0 radical (unpaired) electrons. The van der Waals surface area contributed by atoms with Crippen LogP contribution in [0.3, 0.4) is 0 Å². The fourth-order valence-electron chi connectivity index (χ4n) is 0.679. The van der Waals surface area contributed by atoms with Crippen molar-refractivity contribution >= 4 is 12.2 Å². The van der Waals surface area contributed by atoms with E-state index in [4.69, 9.17) is 0 Å². The number of nitrogens with zero attached hydrogens (tertiary/aromatic N) is 4. The van der Waals surface area contributed by atoms with Crippen LogP contribution < -0.4 is 0 Å². The van der Waals surface area contributed by atoms with E-state index < -0.39 is 6.04 Å². The predicted octanol–water partition coefficient (Wildman–Crippen LogP) is 0.889. The zero-order valence-electron chi connectivity index (χ0n) is 8.01. The van der Waals surface area contributed by atoms with E-state index in [1.165, 1.54) is 12.2 Å². The molecule has 0 aromatic carbocycles. The molecule has 0 fully saturated rings. The van der Waals surface area contributed by atoms with Crippen molar-refractivity contribution in [2.75, 3.05) is 19.6 Å². The minimum Gasteiger partial charge on any atom is -0.211 e. The molecule has 0 aliphatic heterocycles. The van der Waals surface area contributed by atoms with E-state index >= 15 is 0 Å². The van der Waals surface area contributed by atoms with Gasteiger partial charge in [-0.15, -0.1) is 0 Å². The summed E-state index contributed by atoms with van der Waals surface area (Å²) in [4.78, 5) is 26.5. The van der Waals surface area contributed by atoms with E-state index in [1.807, 2.05) is 6.92 Å². The van der Waals surface area contributed by atoms with E-state index in [2.05, 4.69) is 20.2 Å². The number of aliphatic imine (C=N–C) groups is 2. The quantitative estimate of drug-likeness (QED) is 0.344. The van der Waals surface area contributed by atoms with Gasteiger partial charge in [-0.25, -0.2) is 14.6 Å². The average Bonchev–Trinajstić information content (AvgIpc) is 2.20. The molecule has 0 heterocycles. The number of hydrogen-bond donors (Lipinski definition) is 0. The molecule has 0 rings (SSSR count). The van der Waals surface area contributed by atoms with Crippen molar-refractivity contribution in [3.8, 4) is 0 Å². The second-order valence-electron chi connectivity index (χ2n) is 2.50. The number of isocyanates is 2. The molecular formula is C8H12N4O2. The van der Waals surface area contributed by atoms with Crippen LogP contribution in [0.2, 0.25) is 0 Å². The number of azo groups is 1. The molecule has 0 aromatic heterocycles. The van der Waals surface area contributed by atoms with Crippen molar-refractivity contribution in [1.82, 2.24) is 0 Å². The lowest BCUT2D eigenvalue weighted by atomic mass is 10.3. The van der Waals surface area contributed by atoms with Gasteiger partial charge < -0.3 is 0 Å². The van der Waals surface area contributed by atoms with Crippen LogP contribution in [0, 0.1) is 0 Å². The molecule has 0 saturated heterocycles. The Bertz CT molecular complexity index is 265. The number of rotatable bonds is 7. The zero-order valence-corrected chi connectivity index (χ0v) is 8.01. The molecule has 0 bridgehead atoms. The summed E-state index contributed by atoms with van der Waals surface area (Å²) in [6, 6.07) is -0.449. The van der Waals surface area contributed by atoms with Gasteiger partial charge in [0.2, 0.25) is 12.2 Å². The monoisotopic (exact) mass is 196 g/mol. The molecule has 0 N–H and O–H groups in total. The SMILES string of the molecule is CCCN=NCC(CN=C=O)N=C=O. The molecule has 0 spiro atoms. The van der Waals surface area contributed by atoms with E-state index in [0.717, 1.165) is 6.42 Å². The Hall–Kier alpha value is -1.64. The largest absolute Gasteiger partial charge is 0.235 e. The molecule has 0 amide bonds. The highest BCUT2D eigenvalue weighted by Gasteiger charge is 2.04. The van der Waals surface area contributed by atoms with Crippen LogP contribution in [0.5, 0.6) is 0 Å². The molecular weight excluding hydrogens is 184 g/mol. The Morgan fingerprint density at radius 1 is 1.14 bits per heavy atom. The lowest BCUT2D eigenvalue weighted by Gasteiger charge is -2.00. The minimum absolute atomic E-state index is 0.101. The average molecular weight is 196 g/mol. The van der Waals surface area contributed by atoms with Crippen LogP contribution in [0.4, 0.5) is 0 Å². The van der Waals surface area contributed by atoms with Gasteiger partial charge in [0.1, 0.15) is 6.04 Å². The summed E-state index contributed by atoms with van der Waals surface area (Å²) in [5.41, 5.74) is 0. The van der Waals surface area contributed by atoms with E-state index in [1.54, 1.807) is 0 Å². The van der Waals surface area contributed by atoms with Gasteiger partial charge in [0.15, 0.2) is 0 Å². The first kappa shape index (κ1) is 12.4. The highest BCUT2D eigenvalue weighted by Crippen LogP contribution is 1.93. The van der Waals surface area contributed by atoms with Crippen LogP contribution in [0.25, 0.3) is 0 Å². The van der Waals surface area contributed by atoms with Gasteiger partial charge >= 0.3 is 0 Å². The van der Waals surface area contributed by atoms with Crippen LogP contribution in [-0.4, -0.2) is 37.8 Å². The summed E-state index contributed by atoms with van der Waals surface area (Å²) in [6.07, 6.45) is 3.69. The Kier molecular flexibility index (Phi) is 8.34. The van der Waals surface area contributed by atoms with Crippen LogP contribution in [0.1, 0.15) is 13.3 Å². The number of hydrogen-bond acceptors (Lipinski definition) is 6. The van der Waals surface area contributed by atoms with E-state index in [0.29, 0.717) is 6.54 Å². The Balaban J connectivity index is 3.95. The summed E-state index contributed by atoms with van der Waals surface area (Å²) < 4.78 is 0. The molecule has 76 valence electrons. The van der Waals surface area contributed by atoms with E-state index in [-0.39, 0.29) is 13.1 Å². The minimum atomic E-state index is -0.449. The molecule has 6 nitrogen and oxygen atoms in total. The van der Waals surface area contributed by atoms with Gasteiger partial charge in [-0.1, -0.05) is 6.92 Å². The Morgan fingerprint density at radius 3 is 2.50 bits per heavy atom. The second-order valence-corrected chi connectivity index (χ2v) is 2.50. The molecule has 0 saturated carbocycles. The third-order valence-electron chi connectivity index (χ3n) is 1.32. The Morgan fingerprint density at radius 2 is 1.93 bits per heavy atom. The highest BCUT2D eigenvalue weighted by molar-refractivity contribution is 5.35. The smallest absolute Gasteiger partial charge is 0.211 e. The normalized spacial score (nSPS) is 11.8. The lowest BCUT2D eigenvalue weighted by molar-refractivity contribution is 0.550. The van der Waals surface area contributed by atoms with Crippen molar-refractivity contribution < 1.29 is 9.59 Å². The topological polar surface area (TPSA) is 83.6 Å². The predicted molar refractivity (Wildman–Crippen MR) is 49.8 cm³/mol. The highest BCUT2D eigenvalue weighted by atomic mass is 16.1. The van der Waals surface area contributed by atoms with Crippen LogP contribution in [-0.2, 0) is 9.59 Å². The maximum Gasteiger partial charge on any atom is 0.235 e. The van der Waals surface area contributed by atoms with Crippen molar-refractivity contribution in [3.63, 3.8) is 0 Å². The lowest BCUT2D eigenvalue weighted by Crippen LogP contribution is -2.12. The molecule has 0 aromatic rings. The molecule has 0 aliphatic carbocycles. The maximum absolute atomic E-state index is 9.96. The maximum atomic E-state index is 9.96. The molecule has 6 heteroatoms. The fourth-order valence-corrected chi connectivity index (χ4v) is 0.679. The van der Waals surface area contributed by atoms with Gasteiger partial charge in [-0.05, 0) is 6.42 Å². The summed E-state index contributed by atoms with van der Waals surface area (Å²) in [6.45, 7) is 2.98. The van der Waals surface area contributed by atoms with Crippen molar-refractivity contribution in [1.29, 1.82) is 0 Å². The van der Waals surface area contributed by atoms with Gasteiger partial charge in [0.05, 0.1) is 19.6 Å².